The highest BCUT2D eigenvalue weighted by Gasteiger charge is 2.24. The highest BCUT2D eigenvalue weighted by Crippen LogP contribution is 2.28. The lowest BCUT2D eigenvalue weighted by atomic mass is 9.98. The maximum atomic E-state index is 12.9. The monoisotopic (exact) mass is 363 g/mol. The fraction of sp³-hybridized carbons (Fsp3) is 0.318. The number of ketones is 1. The second-order valence-electron chi connectivity index (χ2n) is 7.40. The summed E-state index contributed by atoms with van der Waals surface area (Å²) in [4.78, 5) is 30.1. The lowest BCUT2D eigenvalue weighted by Gasteiger charge is -2.16. The zero-order valence-corrected chi connectivity index (χ0v) is 16.4. The molecule has 1 amide bonds. The van der Waals surface area contributed by atoms with Crippen molar-refractivity contribution in [1.29, 1.82) is 0 Å². The van der Waals surface area contributed by atoms with E-state index in [1.807, 2.05) is 49.6 Å². The van der Waals surface area contributed by atoms with Gasteiger partial charge in [-0.2, -0.15) is 0 Å². The van der Waals surface area contributed by atoms with Gasteiger partial charge < -0.3 is 9.88 Å². The van der Waals surface area contributed by atoms with Crippen LogP contribution in [0.15, 0.2) is 42.7 Å². The number of pyridine rings is 1. The van der Waals surface area contributed by atoms with Gasteiger partial charge in [0, 0.05) is 29.5 Å². The Morgan fingerprint density at radius 1 is 1.07 bits per heavy atom. The Kier molecular flexibility index (Phi) is 5.13. The third-order valence-corrected chi connectivity index (χ3v) is 4.76. The molecule has 5 nitrogen and oxygen atoms in total. The Morgan fingerprint density at radius 2 is 1.81 bits per heavy atom. The molecule has 0 aliphatic heterocycles. The molecule has 1 aromatic carbocycles. The number of aryl methyl sites for hydroxylation is 1. The van der Waals surface area contributed by atoms with Crippen LogP contribution in [0.2, 0.25) is 0 Å². The van der Waals surface area contributed by atoms with E-state index >= 15 is 0 Å². The molecule has 0 aliphatic rings. The number of Topliss-reactive ketones (excluding diaryl/α,β-unsaturated/α-hetero) is 1. The van der Waals surface area contributed by atoms with E-state index in [0.29, 0.717) is 16.6 Å². The molecule has 2 heterocycles. The standard InChI is InChI=1S/C22H25N3O2/c1-13(2)16-9-6-8-15(5)19(16)24-22(27)20(26)18-12-25(14(3)4)21-17(18)10-7-11-23-21/h6-14H,1-5H3,(H,24,27). The number of aromatic nitrogens is 2. The van der Waals surface area contributed by atoms with Crippen molar-refractivity contribution in [2.75, 3.05) is 5.32 Å². The summed E-state index contributed by atoms with van der Waals surface area (Å²) >= 11 is 0. The number of hydrogen-bond donors (Lipinski definition) is 1. The Morgan fingerprint density at radius 3 is 2.48 bits per heavy atom. The van der Waals surface area contributed by atoms with Crippen LogP contribution < -0.4 is 5.32 Å². The van der Waals surface area contributed by atoms with Gasteiger partial charge in [-0.1, -0.05) is 32.0 Å². The van der Waals surface area contributed by atoms with Crippen molar-refractivity contribution in [2.45, 2.75) is 46.6 Å². The zero-order chi connectivity index (χ0) is 19.7. The zero-order valence-electron chi connectivity index (χ0n) is 16.4. The average Bonchev–Trinajstić information content (AvgIpc) is 3.02. The number of benzene rings is 1. The number of carbonyl (C=O) groups is 2. The van der Waals surface area contributed by atoms with E-state index in [1.165, 1.54) is 0 Å². The number of rotatable bonds is 5. The van der Waals surface area contributed by atoms with Crippen LogP contribution in [-0.2, 0) is 4.79 Å². The summed E-state index contributed by atoms with van der Waals surface area (Å²) in [7, 11) is 0. The van der Waals surface area contributed by atoms with Gasteiger partial charge in [0.25, 0.3) is 11.7 Å². The number of para-hydroxylation sites is 1. The predicted octanol–water partition coefficient (Wildman–Crippen LogP) is 4.87. The van der Waals surface area contributed by atoms with Crippen LogP contribution in [0.4, 0.5) is 5.69 Å². The number of anilines is 1. The molecule has 27 heavy (non-hydrogen) atoms. The molecular formula is C22H25N3O2. The smallest absolute Gasteiger partial charge is 0.296 e. The number of fused-ring (bicyclic) bond motifs is 1. The van der Waals surface area contributed by atoms with Gasteiger partial charge in [0.05, 0.1) is 5.56 Å². The first kappa shape index (κ1) is 18.8. The van der Waals surface area contributed by atoms with Gasteiger partial charge in [0.2, 0.25) is 0 Å². The molecule has 0 unspecified atom stereocenters. The van der Waals surface area contributed by atoms with Crippen molar-refractivity contribution in [3.05, 3.63) is 59.4 Å². The van der Waals surface area contributed by atoms with E-state index in [2.05, 4.69) is 24.1 Å². The summed E-state index contributed by atoms with van der Waals surface area (Å²) in [5.74, 6) is -0.939. The summed E-state index contributed by atoms with van der Waals surface area (Å²) in [6.45, 7) is 10.1. The highest BCUT2D eigenvalue weighted by atomic mass is 16.2. The summed E-state index contributed by atoms with van der Waals surface area (Å²) in [6.07, 6.45) is 3.42. The second kappa shape index (κ2) is 7.35. The number of nitrogens with one attached hydrogen (secondary N) is 1. The molecule has 0 bridgehead atoms. The number of nitrogens with zero attached hydrogens (tertiary/aromatic N) is 2. The lowest BCUT2D eigenvalue weighted by Crippen LogP contribution is -2.24. The molecule has 3 rings (SSSR count). The van der Waals surface area contributed by atoms with Crippen LogP contribution >= 0.6 is 0 Å². The molecular weight excluding hydrogens is 338 g/mol. The number of carbonyl (C=O) groups excluding carboxylic acids is 2. The van der Waals surface area contributed by atoms with Crippen LogP contribution in [0.1, 0.15) is 61.1 Å². The van der Waals surface area contributed by atoms with Gasteiger partial charge >= 0.3 is 0 Å². The maximum absolute atomic E-state index is 12.9. The molecule has 0 fully saturated rings. The molecule has 2 aromatic heterocycles. The lowest BCUT2D eigenvalue weighted by molar-refractivity contribution is -0.112. The van der Waals surface area contributed by atoms with Crippen LogP contribution in [0.5, 0.6) is 0 Å². The van der Waals surface area contributed by atoms with Crippen molar-refractivity contribution in [3.8, 4) is 0 Å². The number of amides is 1. The summed E-state index contributed by atoms with van der Waals surface area (Å²) in [5.41, 5.74) is 3.76. The topological polar surface area (TPSA) is 64.0 Å². The Bertz CT molecular complexity index is 1020. The van der Waals surface area contributed by atoms with E-state index in [4.69, 9.17) is 0 Å². The van der Waals surface area contributed by atoms with E-state index in [1.54, 1.807) is 18.5 Å². The van der Waals surface area contributed by atoms with E-state index in [0.717, 1.165) is 16.8 Å². The fourth-order valence-corrected chi connectivity index (χ4v) is 3.29. The highest BCUT2D eigenvalue weighted by molar-refractivity contribution is 6.48. The summed E-state index contributed by atoms with van der Waals surface area (Å²) < 4.78 is 1.92. The van der Waals surface area contributed by atoms with Gasteiger partial charge in [-0.3, -0.25) is 9.59 Å². The normalized spacial score (nSPS) is 11.4. The first-order valence-electron chi connectivity index (χ1n) is 9.22. The Hall–Kier alpha value is -2.95. The molecule has 0 spiro atoms. The molecule has 0 radical (unpaired) electrons. The molecule has 1 N–H and O–H groups in total. The van der Waals surface area contributed by atoms with Crippen molar-refractivity contribution in [3.63, 3.8) is 0 Å². The number of hydrogen-bond acceptors (Lipinski definition) is 3. The van der Waals surface area contributed by atoms with Crippen molar-refractivity contribution in [2.24, 2.45) is 0 Å². The third kappa shape index (κ3) is 3.50. The SMILES string of the molecule is Cc1cccc(C(C)C)c1NC(=O)C(=O)c1cn(C(C)C)c2ncccc12. The predicted molar refractivity (Wildman–Crippen MR) is 108 cm³/mol. The van der Waals surface area contributed by atoms with Crippen molar-refractivity contribution < 1.29 is 9.59 Å². The molecule has 0 saturated heterocycles. The van der Waals surface area contributed by atoms with Gasteiger partial charge in [0.1, 0.15) is 5.65 Å². The van der Waals surface area contributed by atoms with Crippen molar-refractivity contribution >= 4 is 28.4 Å². The molecule has 5 heteroatoms. The maximum Gasteiger partial charge on any atom is 0.296 e. The van der Waals surface area contributed by atoms with Crippen LogP contribution in [0.25, 0.3) is 11.0 Å². The van der Waals surface area contributed by atoms with Crippen molar-refractivity contribution in [1.82, 2.24) is 9.55 Å². The van der Waals surface area contributed by atoms with Gasteiger partial charge in [0.15, 0.2) is 0 Å². The van der Waals surface area contributed by atoms with Gasteiger partial charge in [-0.15, -0.1) is 0 Å². The van der Waals surface area contributed by atoms with Gasteiger partial charge in [-0.25, -0.2) is 4.98 Å². The Labute approximate surface area is 159 Å². The molecule has 0 aliphatic carbocycles. The fourth-order valence-electron chi connectivity index (χ4n) is 3.29. The van der Waals surface area contributed by atoms with E-state index in [9.17, 15) is 9.59 Å². The van der Waals surface area contributed by atoms with E-state index in [-0.39, 0.29) is 12.0 Å². The molecule has 0 saturated carbocycles. The largest absolute Gasteiger partial charge is 0.329 e. The summed E-state index contributed by atoms with van der Waals surface area (Å²) in [6, 6.07) is 9.61. The minimum atomic E-state index is -0.627. The van der Waals surface area contributed by atoms with Crippen LogP contribution in [-0.4, -0.2) is 21.2 Å². The molecule has 3 aromatic rings. The molecule has 0 atom stereocenters. The third-order valence-electron chi connectivity index (χ3n) is 4.76. The van der Waals surface area contributed by atoms with Crippen LogP contribution in [0.3, 0.4) is 0 Å². The Balaban J connectivity index is 1.99. The van der Waals surface area contributed by atoms with Crippen LogP contribution in [0, 0.1) is 6.92 Å². The second-order valence-corrected chi connectivity index (χ2v) is 7.40. The first-order valence-corrected chi connectivity index (χ1v) is 9.22. The first-order chi connectivity index (χ1) is 12.8. The summed E-state index contributed by atoms with van der Waals surface area (Å²) in [5, 5.41) is 3.54. The minimum Gasteiger partial charge on any atom is -0.329 e. The average molecular weight is 363 g/mol. The quantitative estimate of drug-likeness (QED) is 0.519. The molecule has 140 valence electrons. The van der Waals surface area contributed by atoms with E-state index < -0.39 is 11.7 Å². The minimum absolute atomic E-state index is 0.135. The van der Waals surface area contributed by atoms with Gasteiger partial charge in [-0.05, 0) is 49.9 Å².